The van der Waals surface area contributed by atoms with Gasteiger partial charge in [-0.05, 0) is 57.6 Å². The van der Waals surface area contributed by atoms with E-state index in [9.17, 15) is 0 Å². The molecule has 248 valence electrons. The Morgan fingerprint density at radius 3 is 1.29 bits per heavy atom. The Balaban J connectivity index is 2.32. The second-order valence-electron chi connectivity index (χ2n) is 15.7. The molecule has 0 aliphatic heterocycles. The fourth-order valence-corrected chi connectivity index (χ4v) is 18.2. The Morgan fingerprint density at radius 2 is 0.978 bits per heavy atom. The average molecular weight is 663 g/mol. The first-order chi connectivity index (χ1) is 21.0. The van der Waals surface area contributed by atoms with Gasteiger partial charge in [0.15, 0.2) is 8.32 Å². The highest BCUT2D eigenvalue weighted by Gasteiger charge is 2.48. The predicted molar refractivity (Wildman–Crippen MR) is 209 cm³/mol. The predicted octanol–water partition coefficient (Wildman–Crippen LogP) is 10.6. The van der Waals surface area contributed by atoms with Crippen molar-refractivity contribution < 1.29 is 8.85 Å². The van der Waals surface area contributed by atoms with Crippen molar-refractivity contribution in [1.29, 1.82) is 0 Å². The molecule has 5 heteroatoms. The van der Waals surface area contributed by atoms with Crippen LogP contribution in [0.25, 0.3) is 0 Å². The monoisotopic (exact) mass is 662 g/mol. The number of rotatable bonds is 14. The lowest BCUT2D eigenvalue weighted by Gasteiger charge is -2.48. The van der Waals surface area contributed by atoms with E-state index in [1.165, 1.54) is 15.9 Å². The summed E-state index contributed by atoms with van der Waals surface area (Å²) in [6, 6.07) is 33.7. The molecule has 0 radical (unpaired) electrons. The molecule has 0 spiro atoms. The van der Waals surface area contributed by atoms with Gasteiger partial charge in [-0.1, -0.05) is 173 Å². The van der Waals surface area contributed by atoms with Crippen molar-refractivity contribution in [1.82, 2.24) is 0 Å². The molecule has 3 rings (SSSR count). The molecular weight excluding hydrogens is 600 g/mol. The van der Waals surface area contributed by atoms with E-state index >= 15 is 0 Å². The SMILES string of the molecule is CC(C)[Si](O[C@H]([C@@H](C)C=P(c1ccccc1)(c1ccccc1)c1ccccc1)[C@@H](C)CO[Si](C)(C)C(C)(C)C)(C(C)C)C(C)C. The fraction of sp³-hybridized carbons (Fsp3) is 0.525. The van der Waals surface area contributed by atoms with Crippen molar-refractivity contribution in [2.75, 3.05) is 6.61 Å². The molecular formula is C40H63O2PSi2. The van der Waals surface area contributed by atoms with Gasteiger partial charge in [0.25, 0.3) is 0 Å². The molecule has 0 N–H and O–H groups in total. The van der Waals surface area contributed by atoms with Crippen LogP contribution in [0.15, 0.2) is 91.0 Å². The smallest absolute Gasteiger partial charge is 0.200 e. The summed E-state index contributed by atoms with van der Waals surface area (Å²) in [6.45, 7) is 29.6. The first kappa shape index (κ1) is 37.8. The molecule has 45 heavy (non-hydrogen) atoms. The summed E-state index contributed by atoms with van der Waals surface area (Å²) >= 11 is 0. The lowest BCUT2D eigenvalue weighted by molar-refractivity contribution is 0.0659. The van der Waals surface area contributed by atoms with E-state index < -0.39 is 23.5 Å². The second-order valence-corrected chi connectivity index (χ2v) is 29.2. The van der Waals surface area contributed by atoms with Crippen LogP contribution in [0.2, 0.25) is 34.8 Å². The van der Waals surface area contributed by atoms with Gasteiger partial charge in [-0.15, -0.1) is 0 Å². The van der Waals surface area contributed by atoms with Crippen molar-refractivity contribution in [2.45, 2.75) is 117 Å². The maximum absolute atomic E-state index is 7.81. The van der Waals surface area contributed by atoms with Crippen LogP contribution in [0.4, 0.5) is 0 Å². The summed E-state index contributed by atoms with van der Waals surface area (Å²) in [7, 11) is -4.12. The van der Waals surface area contributed by atoms with Crippen LogP contribution in [0, 0.1) is 11.8 Å². The van der Waals surface area contributed by atoms with Gasteiger partial charge in [0.2, 0.25) is 8.32 Å². The number of benzene rings is 3. The summed E-state index contributed by atoms with van der Waals surface area (Å²) in [4.78, 5) is 0. The van der Waals surface area contributed by atoms with Crippen LogP contribution >= 0.6 is 6.89 Å². The van der Waals surface area contributed by atoms with Gasteiger partial charge in [-0.25, -0.2) is 0 Å². The topological polar surface area (TPSA) is 18.5 Å². The zero-order valence-electron chi connectivity index (χ0n) is 30.7. The molecule has 2 nitrogen and oxygen atoms in total. The normalized spacial score (nSPS) is 15.4. The summed E-state index contributed by atoms with van der Waals surface area (Å²) in [5.74, 6) is 3.17. The Hall–Kier alpha value is -1.69. The minimum Gasteiger partial charge on any atom is -0.416 e. The van der Waals surface area contributed by atoms with E-state index in [4.69, 9.17) is 8.85 Å². The van der Waals surface area contributed by atoms with Gasteiger partial charge >= 0.3 is 0 Å². The second kappa shape index (κ2) is 15.5. The quantitative estimate of drug-likeness (QED) is 0.126. The van der Waals surface area contributed by atoms with E-state index in [1.807, 2.05) is 0 Å². The third kappa shape index (κ3) is 8.25. The minimum atomic E-state index is -2.19. The van der Waals surface area contributed by atoms with Crippen LogP contribution < -0.4 is 15.9 Å². The highest BCUT2D eigenvalue weighted by atomic mass is 31.2. The lowest BCUT2D eigenvalue weighted by atomic mass is 9.96. The van der Waals surface area contributed by atoms with Gasteiger partial charge in [0.05, 0.1) is 6.10 Å². The zero-order chi connectivity index (χ0) is 33.6. The highest BCUT2D eigenvalue weighted by molar-refractivity contribution is 7.94. The number of hydrogen-bond acceptors (Lipinski definition) is 2. The Morgan fingerprint density at radius 1 is 0.622 bits per heavy atom. The molecule has 0 heterocycles. The molecule has 0 aliphatic rings. The average Bonchev–Trinajstić information content (AvgIpc) is 2.99. The Bertz CT molecular complexity index is 1240. The van der Waals surface area contributed by atoms with Crippen LogP contribution in [0.5, 0.6) is 0 Å². The maximum atomic E-state index is 7.81. The van der Waals surface area contributed by atoms with E-state index in [0.717, 1.165) is 6.61 Å². The standard InChI is InChI=1S/C40H63O2PSi2/c1-31(2)45(32(3)4,33(5)6)42-39(34(7)29-41-44(12,13)40(9,10)11)35(8)30-43(36-23-17-14-18-24-36,37-25-19-15-20-26-37)38-27-21-16-22-28-38/h14-28,30-35,39H,29H2,1-13H3/t34-,35-,39-/m0/s1. The first-order valence-electron chi connectivity index (χ1n) is 17.2. The molecule has 0 fully saturated rings. The number of hydrogen-bond donors (Lipinski definition) is 0. The van der Waals surface area contributed by atoms with E-state index in [2.05, 4.69) is 186 Å². The summed E-state index contributed by atoms with van der Waals surface area (Å²) in [5, 5.41) is 4.33. The summed E-state index contributed by atoms with van der Waals surface area (Å²) in [5.41, 5.74) is 1.54. The van der Waals surface area contributed by atoms with E-state index in [1.54, 1.807) is 0 Å². The molecule has 3 atom stereocenters. The van der Waals surface area contributed by atoms with Crippen LogP contribution in [-0.4, -0.2) is 35.1 Å². The van der Waals surface area contributed by atoms with Crippen molar-refractivity contribution in [3.05, 3.63) is 91.0 Å². The fourth-order valence-electron chi connectivity index (χ4n) is 7.17. The van der Waals surface area contributed by atoms with E-state index in [0.29, 0.717) is 16.6 Å². The lowest BCUT2D eigenvalue weighted by Crippen LogP contribution is -2.53. The van der Waals surface area contributed by atoms with Crippen molar-refractivity contribution in [3.63, 3.8) is 0 Å². The molecule has 0 aromatic heterocycles. The third-order valence-corrected chi connectivity index (χ3v) is 25.4. The highest BCUT2D eigenvalue weighted by Crippen LogP contribution is 2.48. The molecule has 3 aromatic rings. The van der Waals surface area contributed by atoms with Gasteiger partial charge in [-0.3, -0.25) is 0 Å². The summed E-state index contributed by atoms with van der Waals surface area (Å²) in [6.07, 6.45) is 0.0455. The molecule has 0 unspecified atom stereocenters. The van der Waals surface area contributed by atoms with Crippen LogP contribution in [-0.2, 0) is 8.85 Å². The molecule has 0 amide bonds. The minimum absolute atomic E-state index is 0.0455. The van der Waals surface area contributed by atoms with Crippen molar-refractivity contribution in [3.8, 4) is 0 Å². The Kier molecular flexibility index (Phi) is 13.0. The molecule has 0 aliphatic carbocycles. The zero-order valence-corrected chi connectivity index (χ0v) is 33.6. The molecule has 0 bridgehead atoms. The van der Waals surface area contributed by atoms with E-state index in [-0.39, 0.29) is 23.0 Å². The molecule has 3 aromatic carbocycles. The van der Waals surface area contributed by atoms with Gasteiger partial charge < -0.3 is 8.85 Å². The van der Waals surface area contributed by atoms with Gasteiger partial charge in [0, 0.05) is 18.4 Å². The van der Waals surface area contributed by atoms with Gasteiger partial charge in [0.1, 0.15) is 0 Å². The maximum Gasteiger partial charge on any atom is 0.200 e. The largest absolute Gasteiger partial charge is 0.416 e. The van der Waals surface area contributed by atoms with Crippen molar-refractivity contribution in [2.24, 2.45) is 11.8 Å². The third-order valence-electron chi connectivity index (χ3n) is 10.6. The summed E-state index contributed by atoms with van der Waals surface area (Å²) < 4.78 is 14.7. The molecule has 0 saturated heterocycles. The van der Waals surface area contributed by atoms with Crippen LogP contribution in [0.3, 0.4) is 0 Å². The molecule has 0 saturated carbocycles. The van der Waals surface area contributed by atoms with Gasteiger partial charge in [-0.2, -0.15) is 0 Å². The first-order valence-corrected chi connectivity index (χ1v) is 24.1. The van der Waals surface area contributed by atoms with Crippen molar-refractivity contribution >= 4 is 45.2 Å². The Labute approximate surface area is 279 Å². The van der Waals surface area contributed by atoms with Crippen LogP contribution in [0.1, 0.15) is 76.2 Å².